The van der Waals surface area contributed by atoms with Gasteiger partial charge in [-0.25, -0.2) is 4.98 Å². The highest BCUT2D eigenvalue weighted by Gasteiger charge is 2.26. The summed E-state index contributed by atoms with van der Waals surface area (Å²) in [5.74, 6) is 0.963. The van der Waals surface area contributed by atoms with E-state index in [4.69, 9.17) is 4.42 Å². The van der Waals surface area contributed by atoms with Crippen molar-refractivity contribution < 1.29 is 14.0 Å². The van der Waals surface area contributed by atoms with Gasteiger partial charge in [-0.05, 0) is 74.4 Å². The third-order valence-corrected chi connectivity index (χ3v) is 7.15. The van der Waals surface area contributed by atoms with Gasteiger partial charge in [0.15, 0.2) is 5.58 Å². The Morgan fingerprint density at radius 3 is 2.43 bits per heavy atom. The van der Waals surface area contributed by atoms with E-state index in [0.717, 1.165) is 31.2 Å². The average Bonchev–Trinajstić information content (AvgIpc) is 3.37. The minimum atomic E-state index is 0.00333. The Hall–Kier alpha value is -3.93. The van der Waals surface area contributed by atoms with Gasteiger partial charge in [0.25, 0.3) is 5.91 Å². The number of hydrogen-bond acceptors (Lipinski definition) is 4. The zero-order chi connectivity index (χ0) is 25.6. The molecule has 0 unspecified atom stereocenters. The number of nitrogens with one attached hydrogen (secondary N) is 1. The predicted molar refractivity (Wildman–Crippen MR) is 145 cm³/mol. The number of aryl methyl sites for hydroxylation is 1. The third kappa shape index (κ3) is 6.26. The van der Waals surface area contributed by atoms with Gasteiger partial charge in [0.2, 0.25) is 11.8 Å². The standard InChI is InChI=1S/C31H33N3O3/c1-22(12-13-23-8-4-2-5-9-23)32-29(35)20-24-16-18-34(19-17-24)31(36)26-14-15-28-27(21-26)33-30(37-28)25-10-6-3-7-11-25/h2-11,14-15,21-22,24H,12-13,16-20H2,1H3,(H,32,35)/t22-/m0/s1. The molecule has 0 spiro atoms. The number of hydrogen-bond donors (Lipinski definition) is 1. The zero-order valence-corrected chi connectivity index (χ0v) is 21.2. The van der Waals surface area contributed by atoms with E-state index in [2.05, 4.69) is 29.4 Å². The number of benzene rings is 3. The first kappa shape index (κ1) is 24.8. The zero-order valence-electron chi connectivity index (χ0n) is 21.2. The SMILES string of the molecule is C[C@@H](CCc1ccccc1)NC(=O)CC1CCN(C(=O)c2ccc3oc(-c4ccccc4)nc3c2)CC1. The number of aromatic nitrogens is 1. The van der Waals surface area contributed by atoms with E-state index in [0.29, 0.717) is 48.0 Å². The van der Waals surface area contributed by atoms with Crippen LogP contribution in [0.4, 0.5) is 0 Å². The van der Waals surface area contributed by atoms with Gasteiger partial charge in [-0.1, -0.05) is 48.5 Å². The van der Waals surface area contributed by atoms with Crippen molar-refractivity contribution in [3.8, 4) is 11.5 Å². The first-order valence-electron chi connectivity index (χ1n) is 13.1. The summed E-state index contributed by atoms with van der Waals surface area (Å²) in [6.07, 6.45) is 4.07. The van der Waals surface area contributed by atoms with E-state index in [-0.39, 0.29) is 17.9 Å². The van der Waals surface area contributed by atoms with Crippen LogP contribution >= 0.6 is 0 Å². The Kier molecular flexibility index (Phi) is 7.64. The molecule has 1 saturated heterocycles. The van der Waals surface area contributed by atoms with E-state index >= 15 is 0 Å². The summed E-state index contributed by atoms with van der Waals surface area (Å²) in [5, 5.41) is 3.15. The van der Waals surface area contributed by atoms with E-state index in [1.165, 1.54) is 5.56 Å². The van der Waals surface area contributed by atoms with Gasteiger partial charge in [0.1, 0.15) is 5.52 Å². The third-order valence-electron chi connectivity index (χ3n) is 7.15. The topological polar surface area (TPSA) is 75.4 Å². The summed E-state index contributed by atoms with van der Waals surface area (Å²) >= 11 is 0. The largest absolute Gasteiger partial charge is 0.436 e. The second-order valence-electron chi connectivity index (χ2n) is 10.0. The highest BCUT2D eigenvalue weighted by Crippen LogP contribution is 2.26. The molecule has 1 fully saturated rings. The Bertz CT molecular complexity index is 1340. The van der Waals surface area contributed by atoms with Crippen molar-refractivity contribution in [2.75, 3.05) is 13.1 Å². The van der Waals surface area contributed by atoms with E-state index in [1.54, 1.807) is 6.07 Å². The minimum absolute atomic E-state index is 0.00333. The van der Waals surface area contributed by atoms with Crippen LogP contribution in [0.1, 0.15) is 48.5 Å². The number of oxazole rings is 1. The highest BCUT2D eigenvalue weighted by molar-refractivity contribution is 5.97. The lowest BCUT2D eigenvalue weighted by molar-refractivity contribution is -0.122. The maximum Gasteiger partial charge on any atom is 0.253 e. The molecule has 0 radical (unpaired) electrons. The lowest BCUT2D eigenvalue weighted by Gasteiger charge is -2.32. The van der Waals surface area contributed by atoms with Crippen LogP contribution in [0, 0.1) is 5.92 Å². The van der Waals surface area contributed by atoms with Crippen molar-refractivity contribution in [1.29, 1.82) is 0 Å². The van der Waals surface area contributed by atoms with Crippen LogP contribution < -0.4 is 5.32 Å². The number of rotatable bonds is 8. The second-order valence-corrected chi connectivity index (χ2v) is 10.0. The number of piperidine rings is 1. The molecule has 1 aliphatic heterocycles. The number of amides is 2. The van der Waals surface area contributed by atoms with Crippen LogP contribution in [-0.2, 0) is 11.2 Å². The molecule has 1 aliphatic rings. The lowest BCUT2D eigenvalue weighted by atomic mass is 9.92. The Morgan fingerprint density at radius 2 is 1.70 bits per heavy atom. The van der Waals surface area contributed by atoms with Crippen molar-refractivity contribution in [2.24, 2.45) is 5.92 Å². The summed E-state index contributed by atoms with van der Waals surface area (Å²) in [6.45, 7) is 3.38. The van der Waals surface area contributed by atoms with Crippen molar-refractivity contribution >= 4 is 22.9 Å². The lowest BCUT2D eigenvalue weighted by Crippen LogP contribution is -2.40. The second kappa shape index (κ2) is 11.4. The van der Waals surface area contributed by atoms with Crippen molar-refractivity contribution in [1.82, 2.24) is 15.2 Å². The molecule has 2 heterocycles. The Balaban J connectivity index is 1.10. The molecule has 1 aromatic heterocycles. The van der Waals surface area contributed by atoms with Gasteiger partial charge >= 0.3 is 0 Å². The van der Waals surface area contributed by atoms with Gasteiger partial charge in [-0.15, -0.1) is 0 Å². The van der Waals surface area contributed by atoms with Crippen molar-refractivity contribution in [2.45, 2.75) is 45.1 Å². The van der Waals surface area contributed by atoms with Gasteiger partial charge in [0, 0.05) is 36.7 Å². The predicted octanol–water partition coefficient (Wildman–Crippen LogP) is 5.87. The number of likely N-dealkylation sites (tertiary alicyclic amines) is 1. The molecule has 2 amide bonds. The fourth-order valence-corrected chi connectivity index (χ4v) is 4.98. The van der Waals surface area contributed by atoms with Crippen LogP contribution in [0.3, 0.4) is 0 Å². The summed E-state index contributed by atoms with van der Waals surface area (Å²) in [5.41, 5.74) is 4.16. The van der Waals surface area contributed by atoms with E-state index in [9.17, 15) is 9.59 Å². The molecule has 6 nitrogen and oxygen atoms in total. The molecule has 1 atom stereocenters. The number of fused-ring (bicyclic) bond motifs is 1. The fraction of sp³-hybridized carbons (Fsp3) is 0.323. The average molecular weight is 496 g/mol. The first-order chi connectivity index (χ1) is 18.0. The summed E-state index contributed by atoms with van der Waals surface area (Å²) < 4.78 is 5.88. The minimum Gasteiger partial charge on any atom is -0.436 e. The van der Waals surface area contributed by atoms with E-state index < -0.39 is 0 Å². The van der Waals surface area contributed by atoms with Crippen LogP contribution in [-0.4, -0.2) is 40.8 Å². The number of carbonyl (C=O) groups excluding carboxylic acids is 2. The van der Waals surface area contributed by atoms with Crippen LogP contribution in [0.2, 0.25) is 0 Å². The molecule has 0 saturated carbocycles. The Labute approximate surface area is 217 Å². The molecular weight excluding hydrogens is 462 g/mol. The van der Waals surface area contributed by atoms with Gasteiger partial charge in [-0.2, -0.15) is 0 Å². The maximum atomic E-state index is 13.2. The normalized spacial score (nSPS) is 15.0. The molecule has 5 rings (SSSR count). The fourth-order valence-electron chi connectivity index (χ4n) is 4.98. The van der Waals surface area contributed by atoms with Crippen LogP contribution in [0.5, 0.6) is 0 Å². The van der Waals surface area contributed by atoms with E-state index in [1.807, 2.05) is 65.6 Å². The molecule has 190 valence electrons. The molecule has 0 aliphatic carbocycles. The monoisotopic (exact) mass is 495 g/mol. The van der Waals surface area contributed by atoms with Gasteiger partial charge in [-0.3, -0.25) is 9.59 Å². The molecule has 0 bridgehead atoms. The van der Waals surface area contributed by atoms with Crippen LogP contribution in [0.15, 0.2) is 83.3 Å². The quantitative estimate of drug-likeness (QED) is 0.331. The van der Waals surface area contributed by atoms with Gasteiger partial charge in [0.05, 0.1) is 0 Å². The van der Waals surface area contributed by atoms with Crippen molar-refractivity contribution in [3.05, 3.63) is 90.0 Å². The molecule has 1 N–H and O–H groups in total. The summed E-state index contributed by atoms with van der Waals surface area (Å²) in [4.78, 5) is 32.2. The van der Waals surface area contributed by atoms with Gasteiger partial charge < -0.3 is 14.6 Å². The maximum absolute atomic E-state index is 13.2. The number of nitrogens with zero attached hydrogens (tertiary/aromatic N) is 2. The molecule has 37 heavy (non-hydrogen) atoms. The smallest absolute Gasteiger partial charge is 0.253 e. The number of carbonyl (C=O) groups is 2. The molecule has 4 aromatic rings. The summed E-state index contributed by atoms with van der Waals surface area (Å²) in [7, 11) is 0. The molecule has 3 aromatic carbocycles. The first-order valence-corrected chi connectivity index (χ1v) is 13.1. The molecule has 6 heteroatoms. The Morgan fingerprint density at radius 1 is 1.00 bits per heavy atom. The van der Waals surface area contributed by atoms with Crippen molar-refractivity contribution in [3.63, 3.8) is 0 Å². The van der Waals surface area contributed by atoms with Crippen LogP contribution in [0.25, 0.3) is 22.6 Å². The molecular formula is C31H33N3O3. The highest BCUT2D eigenvalue weighted by atomic mass is 16.3. The summed E-state index contributed by atoms with van der Waals surface area (Å²) in [6, 6.07) is 25.7.